The lowest BCUT2D eigenvalue weighted by molar-refractivity contribution is -0.150. The molecule has 2 amide bonds. The van der Waals surface area contributed by atoms with E-state index in [1.807, 2.05) is 25.7 Å². The molecule has 0 radical (unpaired) electrons. The molecule has 0 spiro atoms. The van der Waals surface area contributed by atoms with Crippen LogP contribution >= 0.6 is 0 Å². The first-order valence-electron chi connectivity index (χ1n) is 8.27. The standard InChI is InChI=1S/C16H29N3O2/c1-5-18-8-6-13(7-9-18)10-19-12(4)15(20)17-14(11(2)3)16(19)21/h11-14H,5-10H2,1-4H3,(H,17,20). The number of piperidine rings is 1. The summed E-state index contributed by atoms with van der Waals surface area (Å²) in [7, 11) is 0. The minimum atomic E-state index is -0.357. The van der Waals surface area contributed by atoms with Gasteiger partial charge in [0.1, 0.15) is 12.1 Å². The van der Waals surface area contributed by atoms with Gasteiger partial charge in [-0.05, 0) is 51.2 Å². The first kappa shape index (κ1) is 16.3. The zero-order valence-electron chi connectivity index (χ0n) is 13.8. The zero-order valence-corrected chi connectivity index (χ0v) is 13.8. The van der Waals surface area contributed by atoms with Gasteiger partial charge in [-0.15, -0.1) is 0 Å². The second-order valence-corrected chi connectivity index (χ2v) is 6.77. The first-order chi connectivity index (χ1) is 9.93. The van der Waals surface area contributed by atoms with E-state index in [0.29, 0.717) is 5.92 Å². The van der Waals surface area contributed by atoms with Crippen LogP contribution in [0.25, 0.3) is 0 Å². The number of carbonyl (C=O) groups excluding carboxylic acids is 2. The lowest BCUT2D eigenvalue weighted by Crippen LogP contribution is -2.64. The summed E-state index contributed by atoms with van der Waals surface area (Å²) in [6.45, 7) is 12.0. The lowest BCUT2D eigenvalue weighted by atomic mass is 9.93. The van der Waals surface area contributed by atoms with Crippen molar-refractivity contribution >= 4 is 11.8 Å². The van der Waals surface area contributed by atoms with Crippen molar-refractivity contribution in [2.24, 2.45) is 11.8 Å². The maximum atomic E-state index is 12.6. The Balaban J connectivity index is 1.99. The molecular formula is C16H29N3O2. The molecule has 5 heteroatoms. The second-order valence-electron chi connectivity index (χ2n) is 6.77. The fraction of sp³-hybridized carbons (Fsp3) is 0.875. The number of piperazine rings is 1. The summed E-state index contributed by atoms with van der Waals surface area (Å²) in [6.07, 6.45) is 2.25. The van der Waals surface area contributed by atoms with Gasteiger partial charge in [0.2, 0.25) is 11.8 Å². The van der Waals surface area contributed by atoms with Gasteiger partial charge < -0.3 is 15.1 Å². The molecule has 2 aliphatic rings. The van der Waals surface area contributed by atoms with Crippen LogP contribution in [0.3, 0.4) is 0 Å². The van der Waals surface area contributed by atoms with Crippen LogP contribution in [0.1, 0.15) is 40.5 Å². The summed E-state index contributed by atoms with van der Waals surface area (Å²) in [4.78, 5) is 29.0. The Morgan fingerprint density at radius 2 is 1.86 bits per heavy atom. The number of carbonyl (C=O) groups is 2. The van der Waals surface area contributed by atoms with E-state index in [2.05, 4.69) is 17.1 Å². The van der Waals surface area contributed by atoms with Crippen molar-refractivity contribution in [3.63, 3.8) is 0 Å². The molecule has 0 saturated carbocycles. The molecular weight excluding hydrogens is 266 g/mol. The molecule has 1 N–H and O–H groups in total. The fourth-order valence-corrected chi connectivity index (χ4v) is 3.31. The summed E-state index contributed by atoms with van der Waals surface area (Å²) < 4.78 is 0. The second kappa shape index (κ2) is 6.77. The van der Waals surface area contributed by atoms with E-state index in [1.165, 1.54) is 0 Å². The van der Waals surface area contributed by atoms with Crippen LogP contribution in [0.2, 0.25) is 0 Å². The molecule has 2 unspecified atom stereocenters. The molecule has 2 atom stereocenters. The zero-order chi connectivity index (χ0) is 15.6. The van der Waals surface area contributed by atoms with Crippen molar-refractivity contribution in [2.45, 2.75) is 52.6 Å². The third-order valence-corrected chi connectivity index (χ3v) is 4.97. The Hall–Kier alpha value is -1.10. The van der Waals surface area contributed by atoms with Crippen molar-refractivity contribution in [3.8, 4) is 0 Å². The molecule has 2 heterocycles. The van der Waals surface area contributed by atoms with Crippen molar-refractivity contribution < 1.29 is 9.59 Å². The van der Waals surface area contributed by atoms with E-state index in [4.69, 9.17) is 0 Å². The van der Waals surface area contributed by atoms with Crippen LogP contribution < -0.4 is 5.32 Å². The highest BCUT2D eigenvalue weighted by atomic mass is 16.2. The number of nitrogens with one attached hydrogen (secondary N) is 1. The first-order valence-corrected chi connectivity index (χ1v) is 8.27. The van der Waals surface area contributed by atoms with Gasteiger partial charge in [0.05, 0.1) is 0 Å². The van der Waals surface area contributed by atoms with Crippen molar-refractivity contribution in [1.29, 1.82) is 0 Å². The largest absolute Gasteiger partial charge is 0.342 e. The normalized spacial score (nSPS) is 29.1. The van der Waals surface area contributed by atoms with Crippen LogP contribution in [-0.2, 0) is 9.59 Å². The Kier molecular flexibility index (Phi) is 5.25. The molecule has 0 aromatic rings. The lowest BCUT2D eigenvalue weighted by Gasteiger charge is -2.41. The molecule has 0 aromatic heterocycles. The minimum Gasteiger partial charge on any atom is -0.342 e. The molecule has 2 saturated heterocycles. The van der Waals surface area contributed by atoms with Crippen molar-refractivity contribution in [3.05, 3.63) is 0 Å². The maximum Gasteiger partial charge on any atom is 0.246 e. The quantitative estimate of drug-likeness (QED) is 0.845. The molecule has 2 aliphatic heterocycles. The summed E-state index contributed by atoms with van der Waals surface area (Å²) in [6, 6.07) is -0.693. The molecule has 5 nitrogen and oxygen atoms in total. The van der Waals surface area contributed by atoms with E-state index < -0.39 is 0 Å². The third-order valence-electron chi connectivity index (χ3n) is 4.97. The maximum absolute atomic E-state index is 12.6. The number of hydrogen-bond acceptors (Lipinski definition) is 3. The van der Waals surface area contributed by atoms with Crippen LogP contribution in [0.5, 0.6) is 0 Å². The highest BCUT2D eigenvalue weighted by Crippen LogP contribution is 2.22. The average Bonchev–Trinajstić information content (AvgIpc) is 2.47. The predicted molar refractivity (Wildman–Crippen MR) is 82.8 cm³/mol. The van der Waals surface area contributed by atoms with E-state index in [1.54, 1.807) is 0 Å². The Morgan fingerprint density at radius 3 is 2.38 bits per heavy atom. The molecule has 21 heavy (non-hydrogen) atoms. The molecule has 0 aliphatic carbocycles. The van der Waals surface area contributed by atoms with Gasteiger partial charge in [0, 0.05) is 6.54 Å². The van der Waals surface area contributed by atoms with Crippen LogP contribution in [0.15, 0.2) is 0 Å². The number of amides is 2. The number of nitrogens with zero attached hydrogens (tertiary/aromatic N) is 2. The Bertz CT molecular complexity index is 389. The van der Waals surface area contributed by atoms with Gasteiger partial charge in [-0.3, -0.25) is 9.59 Å². The summed E-state index contributed by atoms with van der Waals surface area (Å²) in [5.74, 6) is 0.741. The summed E-state index contributed by atoms with van der Waals surface area (Å²) in [5.41, 5.74) is 0. The molecule has 2 rings (SSSR count). The van der Waals surface area contributed by atoms with E-state index >= 15 is 0 Å². The molecule has 0 bridgehead atoms. The van der Waals surface area contributed by atoms with Gasteiger partial charge >= 0.3 is 0 Å². The van der Waals surface area contributed by atoms with Gasteiger partial charge in [-0.2, -0.15) is 0 Å². The SMILES string of the molecule is CCN1CCC(CN2C(=O)C(C(C)C)NC(=O)C2C)CC1. The van der Waals surface area contributed by atoms with Gasteiger partial charge in [-0.1, -0.05) is 20.8 Å². The number of likely N-dealkylation sites (tertiary alicyclic amines) is 1. The smallest absolute Gasteiger partial charge is 0.246 e. The topological polar surface area (TPSA) is 52.6 Å². The van der Waals surface area contributed by atoms with Gasteiger partial charge in [0.25, 0.3) is 0 Å². The summed E-state index contributed by atoms with van der Waals surface area (Å²) in [5, 5.41) is 2.86. The van der Waals surface area contributed by atoms with Crippen molar-refractivity contribution in [1.82, 2.24) is 15.1 Å². The van der Waals surface area contributed by atoms with Gasteiger partial charge in [0.15, 0.2) is 0 Å². The van der Waals surface area contributed by atoms with Gasteiger partial charge in [-0.25, -0.2) is 0 Å². The highest BCUT2D eigenvalue weighted by molar-refractivity contribution is 5.96. The number of hydrogen-bond donors (Lipinski definition) is 1. The monoisotopic (exact) mass is 295 g/mol. The van der Waals surface area contributed by atoms with E-state index in [-0.39, 0.29) is 29.8 Å². The molecule has 0 aromatic carbocycles. The molecule has 2 fully saturated rings. The number of rotatable bonds is 4. The minimum absolute atomic E-state index is 0.0145. The molecule has 120 valence electrons. The Morgan fingerprint density at radius 1 is 1.24 bits per heavy atom. The van der Waals surface area contributed by atoms with E-state index in [0.717, 1.165) is 39.0 Å². The van der Waals surface area contributed by atoms with Crippen LogP contribution in [0, 0.1) is 11.8 Å². The van der Waals surface area contributed by atoms with Crippen LogP contribution in [-0.4, -0.2) is 59.9 Å². The van der Waals surface area contributed by atoms with Crippen molar-refractivity contribution in [2.75, 3.05) is 26.2 Å². The Labute approximate surface area is 128 Å². The fourth-order valence-electron chi connectivity index (χ4n) is 3.31. The summed E-state index contributed by atoms with van der Waals surface area (Å²) >= 11 is 0. The van der Waals surface area contributed by atoms with E-state index in [9.17, 15) is 9.59 Å². The third kappa shape index (κ3) is 3.57. The highest BCUT2D eigenvalue weighted by Gasteiger charge is 2.40. The van der Waals surface area contributed by atoms with Crippen LogP contribution in [0.4, 0.5) is 0 Å². The predicted octanol–water partition coefficient (Wildman–Crippen LogP) is 1.09. The average molecular weight is 295 g/mol.